The third-order valence-electron chi connectivity index (χ3n) is 3.33. The number of carbonyl (C=O) groups is 2. The van der Waals surface area contributed by atoms with Crippen molar-refractivity contribution >= 4 is 29.6 Å². The lowest BCUT2D eigenvalue weighted by Crippen LogP contribution is -2.37. The minimum Gasteiger partial charge on any atom is -0.444 e. The molecule has 2 amide bonds. The summed E-state index contributed by atoms with van der Waals surface area (Å²) in [6.45, 7) is 13.5. The molecule has 0 bridgehead atoms. The number of benzene rings is 2. The van der Waals surface area contributed by atoms with E-state index in [9.17, 15) is 9.59 Å². The van der Waals surface area contributed by atoms with E-state index in [1.54, 1.807) is 26.8 Å². The average molecular weight is 446 g/mol. The third-order valence-corrected chi connectivity index (χ3v) is 4.53. The number of hydrogen-bond donors (Lipinski definition) is 3. The minimum atomic E-state index is -0.615. The van der Waals surface area contributed by atoms with E-state index in [1.807, 2.05) is 36.4 Å². The van der Waals surface area contributed by atoms with Crippen molar-refractivity contribution in [1.29, 1.82) is 0 Å². The highest BCUT2D eigenvalue weighted by molar-refractivity contribution is 7.97. The molecule has 0 saturated heterocycles. The summed E-state index contributed by atoms with van der Waals surface area (Å²) in [6, 6.07) is 17.8. The van der Waals surface area contributed by atoms with Gasteiger partial charge in [-0.3, -0.25) is 9.52 Å². The van der Waals surface area contributed by atoms with Crippen LogP contribution in [0.4, 0.5) is 10.5 Å². The first kappa shape index (κ1) is 26.5. The fourth-order valence-electron chi connectivity index (χ4n) is 2.06. The number of ether oxygens (including phenoxy) is 1. The molecule has 0 fully saturated rings. The minimum absolute atomic E-state index is 0.0126. The number of hydrogen-bond acceptors (Lipinski definition) is 5. The lowest BCUT2D eigenvalue weighted by Gasteiger charge is -2.20. The molecule has 0 aliphatic carbocycles. The molecule has 2 aromatic carbocycles. The SMILES string of the molecule is CC(C)(C)NSc1cccc(NC(=O)CNC(=O)OC(C)(C)C)c1.Cc1ccccc1. The van der Waals surface area contributed by atoms with Gasteiger partial charge in [0.25, 0.3) is 0 Å². The molecule has 0 spiro atoms. The molecular weight excluding hydrogens is 410 g/mol. The van der Waals surface area contributed by atoms with Crippen LogP contribution in [0.5, 0.6) is 0 Å². The Labute approximate surface area is 190 Å². The smallest absolute Gasteiger partial charge is 0.408 e. The van der Waals surface area contributed by atoms with Crippen molar-refractivity contribution in [3.63, 3.8) is 0 Å². The van der Waals surface area contributed by atoms with E-state index in [0.29, 0.717) is 5.69 Å². The van der Waals surface area contributed by atoms with Crippen LogP contribution in [0.1, 0.15) is 47.1 Å². The predicted octanol–water partition coefficient (Wildman–Crippen LogP) is 5.54. The highest BCUT2D eigenvalue weighted by Crippen LogP contribution is 2.21. The molecule has 170 valence electrons. The van der Waals surface area contributed by atoms with E-state index >= 15 is 0 Å². The summed E-state index contributed by atoms with van der Waals surface area (Å²) in [7, 11) is 0. The second kappa shape index (κ2) is 12.4. The Morgan fingerprint density at radius 1 is 0.935 bits per heavy atom. The van der Waals surface area contributed by atoms with Gasteiger partial charge in [0, 0.05) is 16.1 Å². The molecule has 0 radical (unpaired) electrons. The number of amides is 2. The molecule has 31 heavy (non-hydrogen) atoms. The highest BCUT2D eigenvalue weighted by Gasteiger charge is 2.16. The van der Waals surface area contributed by atoms with Crippen LogP contribution < -0.4 is 15.4 Å². The Bertz CT molecular complexity index is 828. The van der Waals surface area contributed by atoms with Gasteiger partial charge in [-0.05, 0) is 78.6 Å². The molecule has 6 nitrogen and oxygen atoms in total. The number of anilines is 1. The van der Waals surface area contributed by atoms with Gasteiger partial charge < -0.3 is 15.4 Å². The van der Waals surface area contributed by atoms with Gasteiger partial charge in [-0.2, -0.15) is 0 Å². The average Bonchev–Trinajstić information content (AvgIpc) is 2.64. The van der Waals surface area contributed by atoms with Crippen LogP contribution in [0.2, 0.25) is 0 Å². The van der Waals surface area contributed by atoms with Crippen molar-refractivity contribution in [3.05, 3.63) is 60.2 Å². The van der Waals surface area contributed by atoms with Gasteiger partial charge in [0.2, 0.25) is 5.91 Å². The first-order valence-electron chi connectivity index (χ1n) is 10.2. The van der Waals surface area contributed by atoms with E-state index in [2.05, 4.69) is 55.2 Å². The number of alkyl carbamates (subject to hydrolysis) is 1. The fraction of sp³-hybridized carbons (Fsp3) is 0.417. The summed E-state index contributed by atoms with van der Waals surface area (Å²) < 4.78 is 8.39. The largest absolute Gasteiger partial charge is 0.444 e. The van der Waals surface area contributed by atoms with Crippen molar-refractivity contribution in [2.45, 2.75) is 64.5 Å². The Balaban J connectivity index is 0.000000577. The summed E-state index contributed by atoms with van der Waals surface area (Å²) in [5.41, 5.74) is 1.39. The van der Waals surface area contributed by atoms with Gasteiger partial charge in [0.15, 0.2) is 0 Å². The Morgan fingerprint density at radius 3 is 2.10 bits per heavy atom. The van der Waals surface area contributed by atoms with Gasteiger partial charge in [-0.1, -0.05) is 42.0 Å². The maximum absolute atomic E-state index is 11.9. The second-order valence-electron chi connectivity index (χ2n) is 9.04. The molecule has 0 saturated carbocycles. The Morgan fingerprint density at radius 2 is 1.58 bits per heavy atom. The standard InChI is InChI=1S/C17H27N3O3S.C7H8/c1-16(2,3)20-24-13-9-7-8-12(10-13)19-14(21)11-18-15(22)23-17(4,5)6;1-7-5-3-2-4-6-7/h7-10,20H,11H2,1-6H3,(H,18,22)(H,19,21);2-6H,1H3. The van der Waals surface area contributed by atoms with Gasteiger partial charge >= 0.3 is 6.09 Å². The van der Waals surface area contributed by atoms with Crippen LogP contribution in [0.3, 0.4) is 0 Å². The quantitative estimate of drug-likeness (QED) is 0.527. The molecule has 0 aliphatic rings. The zero-order valence-electron chi connectivity index (χ0n) is 19.5. The first-order valence-corrected chi connectivity index (χ1v) is 11.0. The highest BCUT2D eigenvalue weighted by atomic mass is 32.2. The molecule has 0 unspecified atom stereocenters. The zero-order chi connectivity index (χ0) is 23.5. The molecule has 0 atom stereocenters. The van der Waals surface area contributed by atoms with Crippen molar-refractivity contribution in [2.24, 2.45) is 0 Å². The Kier molecular flexibility index (Phi) is 10.6. The molecule has 0 heterocycles. The van der Waals surface area contributed by atoms with Crippen molar-refractivity contribution in [3.8, 4) is 0 Å². The number of carbonyl (C=O) groups excluding carboxylic acids is 2. The first-order chi connectivity index (χ1) is 14.3. The molecular formula is C24H35N3O3S. The van der Waals surface area contributed by atoms with E-state index in [0.717, 1.165) is 4.90 Å². The van der Waals surface area contributed by atoms with Crippen LogP contribution in [-0.2, 0) is 9.53 Å². The maximum Gasteiger partial charge on any atom is 0.408 e. The number of nitrogens with one attached hydrogen (secondary N) is 3. The van der Waals surface area contributed by atoms with E-state index in [4.69, 9.17) is 4.74 Å². The lowest BCUT2D eigenvalue weighted by atomic mass is 10.1. The van der Waals surface area contributed by atoms with Crippen molar-refractivity contribution < 1.29 is 14.3 Å². The number of rotatable bonds is 5. The van der Waals surface area contributed by atoms with Crippen LogP contribution in [0.15, 0.2) is 59.5 Å². The molecule has 3 N–H and O–H groups in total. The van der Waals surface area contributed by atoms with Gasteiger partial charge in [-0.15, -0.1) is 0 Å². The fourth-order valence-corrected chi connectivity index (χ4v) is 2.81. The van der Waals surface area contributed by atoms with Gasteiger partial charge in [0.1, 0.15) is 12.1 Å². The van der Waals surface area contributed by atoms with Gasteiger partial charge in [0.05, 0.1) is 0 Å². The van der Waals surface area contributed by atoms with E-state index < -0.39 is 11.7 Å². The van der Waals surface area contributed by atoms with Gasteiger partial charge in [-0.25, -0.2) is 4.79 Å². The predicted molar refractivity (Wildman–Crippen MR) is 129 cm³/mol. The molecule has 0 aliphatic heterocycles. The maximum atomic E-state index is 11.9. The van der Waals surface area contributed by atoms with E-state index in [-0.39, 0.29) is 18.0 Å². The van der Waals surface area contributed by atoms with Crippen LogP contribution in [-0.4, -0.2) is 29.7 Å². The molecule has 2 rings (SSSR count). The van der Waals surface area contributed by atoms with Crippen LogP contribution in [0.25, 0.3) is 0 Å². The second-order valence-corrected chi connectivity index (χ2v) is 9.92. The van der Waals surface area contributed by atoms with Crippen molar-refractivity contribution in [1.82, 2.24) is 10.0 Å². The summed E-state index contributed by atoms with van der Waals surface area (Å²) >= 11 is 1.50. The van der Waals surface area contributed by atoms with Crippen LogP contribution >= 0.6 is 11.9 Å². The van der Waals surface area contributed by atoms with Crippen LogP contribution in [0, 0.1) is 6.92 Å². The summed E-state index contributed by atoms with van der Waals surface area (Å²) in [6.07, 6.45) is -0.615. The summed E-state index contributed by atoms with van der Waals surface area (Å²) in [4.78, 5) is 24.4. The molecule has 0 aromatic heterocycles. The van der Waals surface area contributed by atoms with E-state index in [1.165, 1.54) is 17.5 Å². The monoisotopic (exact) mass is 445 g/mol. The normalized spacial score (nSPS) is 11.1. The molecule has 7 heteroatoms. The topological polar surface area (TPSA) is 79.5 Å². The third kappa shape index (κ3) is 14.2. The van der Waals surface area contributed by atoms with Crippen molar-refractivity contribution in [2.75, 3.05) is 11.9 Å². The summed E-state index contributed by atoms with van der Waals surface area (Å²) in [5.74, 6) is -0.313. The summed E-state index contributed by atoms with van der Waals surface area (Å²) in [5, 5.41) is 5.18. The lowest BCUT2D eigenvalue weighted by molar-refractivity contribution is -0.115. The Hall–Kier alpha value is -2.51. The zero-order valence-corrected chi connectivity index (χ0v) is 20.4. The number of aryl methyl sites for hydroxylation is 1. The molecule has 2 aromatic rings.